The Morgan fingerprint density at radius 1 is 1.24 bits per heavy atom. The van der Waals surface area contributed by atoms with E-state index < -0.39 is 5.97 Å². The Kier molecular flexibility index (Phi) is 6.87. The molecule has 1 saturated heterocycles. The van der Waals surface area contributed by atoms with Crippen LogP contribution in [0.4, 0.5) is 11.6 Å². The normalized spacial score (nSPS) is 13.1. The third kappa shape index (κ3) is 5.31. The van der Waals surface area contributed by atoms with Crippen molar-refractivity contribution >= 4 is 23.7 Å². The third-order valence-electron chi connectivity index (χ3n) is 5.40. The number of ether oxygens (including phenoxy) is 2. The summed E-state index contributed by atoms with van der Waals surface area (Å²) in [6.07, 6.45) is 4.23. The molecule has 0 saturated carbocycles. The molecular weight excluding hydrogens is 420 g/mol. The Labute approximate surface area is 192 Å². The smallest absolute Gasteiger partial charge is 0.330 e. The van der Waals surface area contributed by atoms with Gasteiger partial charge in [0.05, 0.1) is 13.7 Å². The summed E-state index contributed by atoms with van der Waals surface area (Å²) in [5.74, 6) is 2.47. The van der Waals surface area contributed by atoms with E-state index in [0.29, 0.717) is 30.5 Å². The van der Waals surface area contributed by atoms with Gasteiger partial charge in [0.25, 0.3) is 0 Å². The van der Waals surface area contributed by atoms with Gasteiger partial charge >= 0.3 is 5.97 Å². The average Bonchev–Trinajstić information content (AvgIpc) is 3.16. The monoisotopic (exact) mass is 448 g/mol. The summed E-state index contributed by atoms with van der Waals surface area (Å²) in [6.45, 7) is 6.52. The van der Waals surface area contributed by atoms with Crippen LogP contribution in [-0.2, 0) is 16.1 Å². The van der Waals surface area contributed by atoms with E-state index in [2.05, 4.69) is 20.4 Å². The van der Waals surface area contributed by atoms with Crippen molar-refractivity contribution in [1.29, 1.82) is 0 Å². The Hall–Kier alpha value is -3.88. The molecule has 9 heteroatoms. The second kappa shape index (κ2) is 10.2. The summed E-state index contributed by atoms with van der Waals surface area (Å²) >= 11 is 0. The summed E-state index contributed by atoms with van der Waals surface area (Å²) in [7, 11) is 1.65. The molecule has 9 nitrogen and oxygen atoms in total. The molecular formula is C24H28N6O3. The molecule has 2 aromatic heterocycles. The molecule has 3 heterocycles. The molecule has 0 atom stereocenters. The lowest BCUT2D eigenvalue weighted by molar-refractivity contribution is -0.137. The van der Waals surface area contributed by atoms with Crippen LogP contribution in [0.25, 0.3) is 17.6 Å². The summed E-state index contributed by atoms with van der Waals surface area (Å²) in [6, 6.07) is 9.85. The van der Waals surface area contributed by atoms with Gasteiger partial charge in [-0.3, -0.25) is 5.10 Å². The highest BCUT2D eigenvalue weighted by Crippen LogP contribution is 2.28. The zero-order valence-electron chi connectivity index (χ0n) is 19.1. The van der Waals surface area contributed by atoms with Crippen molar-refractivity contribution in [3.8, 4) is 17.3 Å². The number of nitrogens with zero attached hydrogens (tertiary/aromatic N) is 4. The molecule has 3 aromatic rings. The van der Waals surface area contributed by atoms with Gasteiger partial charge in [0.2, 0.25) is 0 Å². The predicted octanol–water partition coefficient (Wildman–Crippen LogP) is 3.58. The van der Waals surface area contributed by atoms with Crippen molar-refractivity contribution < 1.29 is 14.3 Å². The van der Waals surface area contributed by atoms with Gasteiger partial charge in [-0.05, 0) is 44.0 Å². The maximum absolute atomic E-state index is 11.8. The van der Waals surface area contributed by atoms with Crippen LogP contribution in [0.2, 0.25) is 0 Å². The molecule has 2 N–H and O–H groups in total. The van der Waals surface area contributed by atoms with E-state index in [1.807, 2.05) is 37.3 Å². The maximum atomic E-state index is 11.8. The zero-order valence-corrected chi connectivity index (χ0v) is 19.1. The van der Waals surface area contributed by atoms with Crippen molar-refractivity contribution in [2.45, 2.75) is 26.8 Å². The maximum Gasteiger partial charge on any atom is 0.330 e. The first kappa shape index (κ1) is 22.3. The molecule has 0 amide bonds. The second-order valence-corrected chi connectivity index (χ2v) is 7.67. The highest BCUT2D eigenvalue weighted by Gasteiger charge is 2.21. The molecule has 0 spiro atoms. The van der Waals surface area contributed by atoms with Crippen molar-refractivity contribution in [3.05, 3.63) is 53.2 Å². The summed E-state index contributed by atoms with van der Waals surface area (Å²) < 4.78 is 10.2. The van der Waals surface area contributed by atoms with Gasteiger partial charge in [0, 0.05) is 43.0 Å². The van der Waals surface area contributed by atoms with Crippen LogP contribution in [0.15, 0.2) is 36.4 Å². The molecule has 4 rings (SSSR count). The Morgan fingerprint density at radius 3 is 2.70 bits per heavy atom. The number of anilines is 2. The number of aromatic amines is 1. The van der Waals surface area contributed by atoms with Crippen molar-refractivity contribution in [1.82, 2.24) is 20.2 Å². The van der Waals surface area contributed by atoms with Gasteiger partial charge in [-0.2, -0.15) is 5.10 Å². The lowest BCUT2D eigenvalue weighted by Gasteiger charge is -2.32. The van der Waals surface area contributed by atoms with Crippen molar-refractivity contribution in [3.63, 3.8) is 0 Å². The molecule has 33 heavy (non-hydrogen) atoms. The number of H-pyrrole nitrogens is 1. The Morgan fingerprint density at radius 2 is 2.03 bits per heavy atom. The first-order chi connectivity index (χ1) is 16.1. The van der Waals surface area contributed by atoms with Crippen LogP contribution >= 0.6 is 0 Å². The van der Waals surface area contributed by atoms with Gasteiger partial charge < -0.3 is 19.7 Å². The molecule has 0 unspecified atom stereocenters. The number of benzene rings is 1. The number of carbonyl (C=O) groups excluding carboxylic acids is 1. The molecule has 0 radical (unpaired) electrons. The predicted molar refractivity (Wildman–Crippen MR) is 127 cm³/mol. The molecule has 1 fully saturated rings. The number of aromatic nitrogens is 4. The van der Waals surface area contributed by atoms with E-state index in [9.17, 15) is 4.79 Å². The Balaban J connectivity index is 1.62. The highest BCUT2D eigenvalue weighted by atomic mass is 16.5. The number of hydrogen-bond donors (Lipinski definition) is 2. The Bertz CT molecular complexity index is 1140. The van der Waals surface area contributed by atoms with Gasteiger partial charge in [-0.15, -0.1) is 0 Å². The fraction of sp³-hybridized carbons (Fsp3) is 0.333. The van der Waals surface area contributed by atoms with Crippen LogP contribution in [0.1, 0.15) is 30.2 Å². The third-order valence-corrected chi connectivity index (χ3v) is 5.40. The summed E-state index contributed by atoms with van der Waals surface area (Å²) in [4.78, 5) is 23.5. The first-order valence-electron chi connectivity index (χ1n) is 11.0. The quantitative estimate of drug-likeness (QED) is 0.378. The van der Waals surface area contributed by atoms with Crippen LogP contribution < -0.4 is 15.0 Å². The molecule has 1 aliphatic heterocycles. The van der Waals surface area contributed by atoms with Gasteiger partial charge in [0.15, 0.2) is 5.82 Å². The average molecular weight is 449 g/mol. The summed E-state index contributed by atoms with van der Waals surface area (Å²) in [5, 5.41) is 10.8. The van der Waals surface area contributed by atoms with Crippen molar-refractivity contribution in [2.75, 3.05) is 37.0 Å². The minimum Gasteiger partial charge on any atom is -0.497 e. The zero-order chi connectivity index (χ0) is 23.2. The van der Waals surface area contributed by atoms with Gasteiger partial charge in [0.1, 0.15) is 23.1 Å². The van der Waals surface area contributed by atoms with E-state index in [-0.39, 0.29) is 0 Å². The van der Waals surface area contributed by atoms with E-state index >= 15 is 0 Å². The number of aryl methyl sites for hydroxylation is 1. The number of esters is 1. The van der Waals surface area contributed by atoms with Crippen LogP contribution in [0.5, 0.6) is 5.75 Å². The second-order valence-electron chi connectivity index (χ2n) is 7.67. The fourth-order valence-electron chi connectivity index (χ4n) is 3.43. The molecule has 172 valence electrons. The molecule has 1 aliphatic rings. The highest BCUT2D eigenvalue weighted by molar-refractivity contribution is 5.88. The standard InChI is InChI=1S/C24H28N6O3/c1-4-33-22(31)11-10-19-16(2)28-29-23(19)24-26-20(14-21(27-24)30-12-5-13-30)25-15-17-6-8-18(32-3)9-7-17/h6-11,14H,4-5,12-13,15H2,1-3H3,(H,28,29)(H,25,26,27). The number of rotatable bonds is 9. The number of hydrogen-bond acceptors (Lipinski definition) is 8. The SMILES string of the molecule is CCOC(=O)C=Cc1c(-c2nc(NCc3ccc(OC)cc3)cc(N3CCC3)n2)n[nH]c1C. The molecule has 0 bridgehead atoms. The topological polar surface area (TPSA) is 105 Å². The van der Waals surface area contributed by atoms with Gasteiger partial charge in [-0.1, -0.05) is 12.1 Å². The largest absolute Gasteiger partial charge is 0.497 e. The summed E-state index contributed by atoms with van der Waals surface area (Å²) in [5.41, 5.74) is 3.26. The van der Waals surface area contributed by atoms with Crippen LogP contribution in [0.3, 0.4) is 0 Å². The van der Waals surface area contributed by atoms with Crippen LogP contribution in [0, 0.1) is 6.92 Å². The first-order valence-corrected chi connectivity index (χ1v) is 11.0. The van der Waals surface area contributed by atoms with Crippen molar-refractivity contribution in [2.24, 2.45) is 0 Å². The van der Waals surface area contributed by atoms with E-state index in [4.69, 9.17) is 19.4 Å². The van der Waals surface area contributed by atoms with Crippen LogP contribution in [-0.4, -0.2) is 52.9 Å². The molecule has 0 aliphatic carbocycles. The lowest BCUT2D eigenvalue weighted by Crippen LogP contribution is -2.37. The van der Waals surface area contributed by atoms with Gasteiger partial charge in [-0.25, -0.2) is 14.8 Å². The number of nitrogens with one attached hydrogen (secondary N) is 2. The minimum absolute atomic E-state index is 0.324. The van der Waals surface area contributed by atoms with E-state index in [1.165, 1.54) is 6.08 Å². The lowest BCUT2D eigenvalue weighted by atomic mass is 10.1. The fourth-order valence-corrected chi connectivity index (χ4v) is 3.43. The van der Waals surface area contributed by atoms with E-state index in [0.717, 1.165) is 47.9 Å². The number of methoxy groups -OCH3 is 1. The van der Waals surface area contributed by atoms with E-state index in [1.54, 1.807) is 20.1 Å². The molecule has 1 aromatic carbocycles. The number of carbonyl (C=O) groups is 1. The minimum atomic E-state index is -0.402.